The lowest BCUT2D eigenvalue weighted by Crippen LogP contribution is -2.45. The Kier molecular flexibility index (Phi) is 5.55. The molecule has 0 fully saturated rings. The van der Waals surface area contributed by atoms with Crippen LogP contribution in [-0.2, 0) is 4.79 Å². The lowest BCUT2D eigenvalue weighted by atomic mass is 10.1. The van der Waals surface area contributed by atoms with Gasteiger partial charge in [-0.05, 0) is 31.9 Å². The number of hydrogen-bond donors (Lipinski definition) is 3. The van der Waals surface area contributed by atoms with Crippen molar-refractivity contribution in [1.82, 2.24) is 10.6 Å². The minimum atomic E-state index is -0.596. The number of nitrogens with one attached hydrogen (secondary N) is 2. The fourth-order valence-electron chi connectivity index (χ4n) is 1.66. The van der Waals surface area contributed by atoms with E-state index < -0.39 is 6.04 Å². The van der Waals surface area contributed by atoms with Crippen LogP contribution in [0.1, 0.15) is 36.7 Å². The van der Waals surface area contributed by atoms with Gasteiger partial charge in [0.2, 0.25) is 5.91 Å². The van der Waals surface area contributed by atoms with E-state index in [-0.39, 0.29) is 11.8 Å². The van der Waals surface area contributed by atoms with E-state index in [1.165, 1.54) is 0 Å². The van der Waals surface area contributed by atoms with Gasteiger partial charge in [-0.2, -0.15) is 0 Å². The van der Waals surface area contributed by atoms with Crippen molar-refractivity contribution in [1.29, 1.82) is 0 Å². The number of benzene rings is 1. The number of aryl methyl sites for hydroxylation is 1. The summed E-state index contributed by atoms with van der Waals surface area (Å²) in [5.74, 6) is -0.161. The molecule has 2 amide bonds. The summed E-state index contributed by atoms with van der Waals surface area (Å²) in [5, 5.41) is 5.44. The quantitative estimate of drug-likeness (QED) is 0.713. The lowest BCUT2D eigenvalue weighted by Gasteiger charge is -2.16. The third kappa shape index (κ3) is 4.57. The lowest BCUT2D eigenvalue weighted by molar-refractivity contribution is -0.122. The number of carbonyl (C=O) groups is 2. The minimum absolute atomic E-state index is 0.196. The molecule has 1 atom stereocenters. The molecule has 1 aromatic carbocycles. The molecule has 110 valence electrons. The molecule has 0 bridgehead atoms. The van der Waals surface area contributed by atoms with E-state index in [4.69, 9.17) is 5.73 Å². The van der Waals surface area contributed by atoms with Crippen LogP contribution in [-0.4, -0.2) is 24.4 Å². The number of hydrogen-bond acceptors (Lipinski definition) is 3. The number of amides is 2. The monoisotopic (exact) mass is 277 g/mol. The largest absolute Gasteiger partial charge is 0.398 e. The summed E-state index contributed by atoms with van der Waals surface area (Å²) >= 11 is 0. The Morgan fingerprint density at radius 1 is 1.25 bits per heavy atom. The third-order valence-electron chi connectivity index (χ3n) is 2.88. The highest BCUT2D eigenvalue weighted by molar-refractivity contribution is 6.01. The second-order valence-electron chi connectivity index (χ2n) is 5.42. The maximum Gasteiger partial charge on any atom is 0.254 e. The third-order valence-corrected chi connectivity index (χ3v) is 2.88. The van der Waals surface area contributed by atoms with E-state index in [1.54, 1.807) is 19.1 Å². The number of nitrogens with two attached hydrogens (primary N) is 1. The first-order valence-corrected chi connectivity index (χ1v) is 6.76. The Bertz CT molecular complexity index is 498. The summed E-state index contributed by atoms with van der Waals surface area (Å²) in [5.41, 5.74) is 7.53. The molecular weight excluding hydrogens is 254 g/mol. The van der Waals surface area contributed by atoms with Crippen LogP contribution in [0, 0.1) is 12.8 Å². The molecule has 20 heavy (non-hydrogen) atoms. The van der Waals surface area contributed by atoms with Gasteiger partial charge in [-0.15, -0.1) is 0 Å². The van der Waals surface area contributed by atoms with Gasteiger partial charge in [0.25, 0.3) is 5.91 Å². The van der Waals surface area contributed by atoms with Crippen molar-refractivity contribution in [2.24, 2.45) is 5.92 Å². The van der Waals surface area contributed by atoms with Gasteiger partial charge in [-0.1, -0.05) is 25.5 Å². The van der Waals surface area contributed by atoms with Gasteiger partial charge in [0.05, 0.1) is 5.56 Å². The summed E-state index contributed by atoms with van der Waals surface area (Å²) in [6, 6.07) is 4.64. The molecule has 0 saturated carbocycles. The zero-order valence-corrected chi connectivity index (χ0v) is 12.5. The van der Waals surface area contributed by atoms with E-state index >= 15 is 0 Å². The highest BCUT2D eigenvalue weighted by Crippen LogP contribution is 2.13. The molecular formula is C15H23N3O2. The van der Waals surface area contributed by atoms with Crippen LogP contribution in [0.2, 0.25) is 0 Å². The molecule has 1 unspecified atom stereocenters. The van der Waals surface area contributed by atoms with Crippen LogP contribution in [0.5, 0.6) is 0 Å². The molecule has 1 aromatic rings. The van der Waals surface area contributed by atoms with Crippen LogP contribution in [0.3, 0.4) is 0 Å². The summed E-state index contributed by atoms with van der Waals surface area (Å²) in [6.45, 7) is 8.15. The normalized spacial score (nSPS) is 12.1. The molecule has 0 heterocycles. The van der Waals surface area contributed by atoms with E-state index in [9.17, 15) is 9.59 Å². The second kappa shape index (κ2) is 6.93. The predicted octanol–water partition coefficient (Wildman–Crippen LogP) is 1.47. The highest BCUT2D eigenvalue weighted by Gasteiger charge is 2.18. The summed E-state index contributed by atoms with van der Waals surface area (Å²) in [7, 11) is 0. The zero-order chi connectivity index (χ0) is 15.3. The van der Waals surface area contributed by atoms with Crippen LogP contribution < -0.4 is 16.4 Å². The molecule has 0 radical (unpaired) electrons. The van der Waals surface area contributed by atoms with Crippen molar-refractivity contribution in [3.05, 3.63) is 29.3 Å². The summed E-state index contributed by atoms with van der Waals surface area (Å²) in [6.07, 6.45) is 0. The fraction of sp³-hybridized carbons (Fsp3) is 0.467. The van der Waals surface area contributed by atoms with E-state index in [0.717, 1.165) is 5.56 Å². The Morgan fingerprint density at radius 3 is 2.50 bits per heavy atom. The van der Waals surface area contributed by atoms with Gasteiger partial charge in [-0.3, -0.25) is 9.59 Å². The molecule has 5 heteroatoms. The molecule has 0 saturated heterocycles. The van der Waals surface area contributed by atoms with Crippen LogP contribution in [0.25, 0.3) is 0 Å². The average Bonchev–Trinajstić information content (AvgIpc) is 2.38. The average molecular weight is 277 g/mol. The van der Waals surface area contributed by atoms with Gasteiger partial charge in [-0.25, -0.2) is 0 Å². The van der Waals surface area contributed by atoms with Crippen molar-refractivity contribution >= 4 is 17.5 Å². The zero-order valence-electron chi connectivity index (χ0n) is 12.5. The number of anilines is 1. The van der Waals surface area contributed by atoms with Crippen molar-refractivity contribution in [2.75, 3.05) is 12.3 Å². The molecule has 0 aliphatic rings. The van der Waals surface area contributed by atoms with Crippen LogP contribution in [0.15, 0.2) is 18.2 Å². The molecule has 0 aliphatic carbocycles. The highest BCUT2D eigenvalue weighted by atomic mass is 16.2. The fourth-order valence-corrected chi connectivity index (χ4v) is 1.66. The number of nitrogen functional groups attached to an aromatic ring is 1. The molecule has 0 spiro atoms. The van der Waals surface area contributed by atoms with Crippen LogP contribution in [0.4, 0.5) is 5.69 Å². The Hall–Kier alpha value is -2.04. The minimum Gasteiger partial charge on any atom is -0.398 e. The molecule has 0 aromatic heterocycles. The van der Waals surface area contributed by atoms with Gasteiger partial charge in [0.15, 0.2) is 0 Å². The molecule has 4 N–H and O–H groups in total. The van der Waals surface area contributed by atoms with Gasteiger partial charge in [0.1, 0.15) is 6.04 Å². The molecule has 1 rings (SSSR count). The van der Waals surface area contributed by atoms with E-state index in [2.05, 4.69) is 10.6 Å². The van der Waals surface area contributed by atoms with E-state index in [1.807, 2.05) is 26.8 Å². The SMILES string of the molecule is Cc1ccc(N)c(C(=O)NC(C)C(=O)NCC(C)C)c1. The Labute approximate surface area is 119 Å². The summed E-state index contributed by atoms with van der Waals surface area (Å²) < 4.78 is 0. The second-order valence-corrected chi connectivity index (χ2v) is 5.42. The van der Waals surface area contributed by atoms with Crippen LogP contribution >= 0.6 is 0 Å². The predicted molar refractivity (Wildman–Crippen MR) is 80.4 cm³/mol. The van der Waals surface area contributed by atoms with Crippen molar-refractivity contribution in [3.8, 4) is 0 Å². The van der Waals surface area contributed by atoms with E-state index in [0.29, 0.717) is 23.7 Å². The number of carbonyl (C=O) groups excluding carboxylic acids is 2. The first-order valence-electron chi connectivity index (χ1n) is 6.76. The first kappa shape index (κ1) is 16.0. The van der Waals surface area contributed by atoms with Crippen molar-refractivity contribution < 1.29 is 9.59 Å². The maximum atomic E-state index is 12.1. The Morgan fingerprint density at radius 2 is 1.90 bits per heavy atom. The van der Waals surface area contributed by atoms with Crippen molar-refractivity contribution in [2.45, 2.75) is 33.7 Å². The standard InChI is InChI=1S/C15H23N3O2/c1-9(2)8-17-14(19)11(4)18-15(20)12-7-10(3)5-6-13(12)16/h5-7,9,11H,8,16H2,1-4H3,(H,17,19)(H,18,20). The smallest absolute Gasteiger partial charge is 0.254 e. The maximum absolute atomic E-state index is 12.1. The van der Waals surface area contributed by atoms with Gasteiger partial charge >= 0.3 is 0 Å². The van der Waals surface area contributed by atoms with Gasteiger partial charge in [0, 0.05) is 12.2 Å². The molecule has 0 aliphatic heterocycles. The number of rotatable bonds is 5. The summed E-state index contributed by atoms with van der Waals surface area (Å²) in [4.78, 5) is 23.9. The molecule has 5 nitrogen and oxygen atoms in total. The Balaban J connectivity index is 2.65. The first-order chi connectivity index (χ1) is 9.31. The topological polar surface area (TPSA) is 84.2 Å². The van der Waals surface area contributed by atoms with Gasteiger partial charge < -0.3 is 16.4 Å². The van der Waals surface area contributed by atoms with Crippen molar-refractivity contribution in [3.63, 3.8) is 0 Å².